The van der Waals surface area contributed by atoms with E-state index in [0.717, 1.165) is 17.0 Å². The zero-order valence-corrected chi connectivity index (χ0v) is 17.8. The number of rotatable bonds is 6. The number of amides is 1. The van der Waals surface area contributed by atoms with Crippen molar-refractivity contribution in [2.75, 3.05) is 7.11 Å². The van der Waals surface area contributed by atoms with Crippen LogP contribution in [0.3, 0.4) is 0 Å². The molecule has 4 rings (SSSR count). The number of hydrogen-bond donors (Lipinski definition) is 2. The molecule has 30 heavy (non-hydrogen) atoms. The minimum Gasteiger partial charge on any atom is -0.497 e. The summed E-state index contributed by atoms with van der Waals surface area (Å²) in [5, 5.41) is 8.75. The zero-order chi connectivity index (χ0) is 20.9. The molecule has 0 saturated heterocycles. The quantitative estimate of drug-likeness (QED) is 0.678. The molecular formula is C21H19N5O2S2. The fourth-order valence-electron chi connectivity index (χ4n) is 3.04. The van der Waals surface area contributed by atoms with E-state index in [0.29, 0.717) is 28.3 Å². The summed E-state index contributed by atoms with van der Waals surface area (Å²) in [6.45, 7) is 0.431. The number of nitrogens with zero attached hydrogens (tertiary/aromatic N) is 3. The van der Waals surface area contributed by atoms with E-state index in [1.807, 2.05) is 53.9 Å². The predicted molar refractivity (Wildman–Crippen MR) is 123 cm³/mol. The molecule has 2 heterocycles. The van der Waals surface area contributed by atoms with Gasteiger partial charge in [0.2, 0.25) is 11.0 Å². The van der Waals surface area contributed by atoms with Gasteiger partial charge >= 0.3 is 0 Å². The van der Waals surface area contributed by atoms with Crippen LogP contribution in [0.5, 0.6) is 5.75 Å². The number of carbonyl (C=O) groups excluding carboxylic acids is 1. The first-order chi connectivity index (χ1) is 14.6. The van der Waals surface area contributed by atoms with Gasteiger partial charge in [-0.2, -0.15) is 0 Å². The third kappa shape index (κ3) is 4.87. The molecular weight excluding hydrogens is 418 g/mol. The molecule has 0 spiro atoms. The average molecular weight is 438 g/mol. The van der Waals surface area contributed by atoms with Gasteiger partial charge in [-0.3, -0.25) is 4.79 Å². The highest BCUT2D eigenvalue weighted by atomic mass is 32.1. The predicted octanol–water partition coefficient (Wildman–Crippen LogP) is 3.11. The van der Waals surface area contributed by atoms with Gasteiger partial charge < -0.3 is 15.4 Å². The number of fused-ring (bicyclic) bond motifs is 1. The molecule has 1 unspecified atom stereocenters. The normalized spacial score (nSPS) is 18.6. The van der Waals surface area contributed by atoms with E-state index in [2.05, 4.69) is 25.6 Å². The van der Waals surface area contributed by atoms with E-state index in [1.54, 1.807) is 7.11 Å². The summed E-state index contributed by atoms with van der Waals surface area (Å²) in [6, 6.07) is 7.59. The number of aliphatic imine (C=N–C) groups is 2. The number of methoxy groups -OCH3 is 1. The van der Waals surface area contributed by atoms with Crippen molar-refractivity contribution in [3.05, 3.63) is 65.2 Å². The highest BCUT2D eigenvalue weighted by Gasteiger charge is 2.25. The average Bonchev–Trinajstić information content (AvgIpc) is 3.19. The lowest BCUT2D eigenvalue weighted by Gasteiger charge is -2.23. The van der Waals surface area contributed by atoms with E-state index < -0.39 is 0 Å². The maximum atomic E-state index is 12.3. The molecule has 7 nitrogen and oxygen atoms in total. The molecule has 0 radical (unpaired) electrons. The topological polar surface area (TPSA) is 88.0 Å². The van der Waals surface area contributed by atoms with Gasteiger partial charge in [-0.25, -0.2) is 15.0 Å². The van der Waals surface area contributed by atoms with E-state index in [-0.39, 0.29) is 18.2 Å². The van der Waals surface area contributed by atoms with Crippen LogP contribution < -0.4 is 15.4 Å². The van der Waals surface area contributed by atoms with Gasteiger partial charge in [-0.1, -0.05) is 30.4 Å². The Morgan fingerprint density at radius 1 is 1.40 bits per heavy atom. The van der Waals surface area contributed by atoms with Gasteiger partial charge in [0.1, 0.15) is 11.6 Å². The molecule has 1 aliphatic heterocycles. The minimum atomic E-state index is -0.103. The molecule has 9 heteroatoms. The molecule has 1 aromatic carbocycles. The highest BCUT2D eigenvalue weighted by molar-refractivity contribution is 7.80. The summed E-state index contributed by atoms with van der Waals surface area (Å²) in [5.74, 6) is 1.28. The summed E-state index contributed by atoms with van der Waals surface area (Å²) in [6.07, 6.45) is 8.00. The minimum absolute atomic E-state index is 0.0692. The fraction of sp³-hybridized carbons (Fsp3) is 0.190. The zero-order valence-electron chi connectivity index (χ0n) is 16.2. The van der Waals surface area contributed by atoms with Crippen molar-refractivity contribution in [2.24, 2.45) is 15.9 Å². The van der Waals surface area contributed by atoms with Crippen molar-refractivity contribution in [3.63, 3.8) is 0 Å². The summed E-state index contributed by atoms with van der Waals surface area (Å²) in [7, 11) is 1.62. The molecule has 0 fully saturated rings. The molecule has 1 aliphatic carbocycles. The molecule has 152 valence electrons. The number of benzene rings is 1. The lowest BCUT2D eigenvalue weighted by Crippen LogP contribution is -2.42. The van der Waals surface area contributed by atoms with Gasteiger partial charge in [0, 0.05) is 11.9 Å². The molecule has 1 atom stereocenters. The molecule has 2 aromatic rings. The van der Waals surface area contributed by atoms with Crippen LogP contribution >= 0.6 is 23.6 Å². The molecule has 2 N–H and O–H groups in total. The molecule has 1 amide bonds. The van der Waals surface area contributed by atoms with Crippen LogP contribution in [0.15, 0.2) is 63.9 Å². The number of ether oxygens (including phenoxy) is 1. The summed E-state index contributed by atoms with van der Waals surface area (Å²) >= 11 is 6.58. The number of carbonyl (C=O) groups is 1. The monoisotopic (exact) mass is 437 g/mol. The number of hydrogen-bond acceptors (Lipinski definition) is 6. The fourth-order valence-corrected chi connectivity index (χ4v) is 3.95. The third-order valence-corrected chi connectivity index (χ3v) is 5.46. The number of nitrogens with one attached hydrogen (secondary N) is 2. The summed E-state index contributed by atoms with van der Waals surface area (Å²) in [4.78, 5) is 25.7. The van der Waals surface area contributed by atoms with Crippen molar-refractivity contribution in [1.29, 1.82) is 0 Å². The molecule has 0 saturated carbocycles. The van der Waals surface area contributed by atoms with Gasteiger partial charge in [0.15, 0.2) is 5.11 Å². The smallest absolute Gasteiger partial charge is 0.226 e. The van der Waals surface area contributed by atoms with E-state index >= 15 is 0 Å². The maximum absolute atomic E-state index is 12.3. The van der Waals surface area contributed by atoms with Crippen LogP contribution in [0.2, 0.25) is 0 Å². The number of thiocarbonyl (C=S) groups is 1. The Morgan fingerprint density at radius 2 is 2.30 bits per heavy atom. The van der Waals surface area contributed by atoms with Crippen LogP contribution in [0, 0.1) is 5.92 Å². The number of allylic oxidation sites excluding steroid dienone is 3. The first-order valence-electron chi connectivity index (χ1n) is 9.28. The van der Waals surface area contributed by atoms with Crippen molar-refractivity contribution in [1.82, 2.24) is 15.6 Å². The van der Waals surface area contributed by atoms with Gasteiger partial charge in [0.25, 0.3) is 0 Å². The number of amidine groups is 1. The second kappa shape index (κ2) is 9.10. The first-order valence-corrected chi connectivity index (χ1v) is 10.6. The van der Waals surface area contributed by atoms with E-state index in [4.69, 9.17) is 17.0 Å². The van der Waals surface area contributed by atoms with Crippen LogP contribution in [0.1, 0.15) is 11.3 Å². The molecule has 1 aromatic heterocycles. The Labute approximate surface area is 183 Å². The lowest BCUT2D eigenvalue weighted by molar-refractivity contribution is -0.120. The Balaban J connectivity index is 1.38. The lowest BCUT2D eigenvalue weighted by atomic mass is 9.96. The largest absolute Gasteiger partial charge is 0.497 e. The van der Waals surface area contributed by atoms with Gasteiger partial charge in [-0.05, 0) is 36.0 Å². The second-order valence-electron chi connectivity index (χ2n) is 6.61. The van der Waals surface area contributed by atoms with Gasteiger partial charge in [-0.15, -0.1) is 11.3 Å². The van der Waals surface area contributed by atoms with Gasteiger partial charge in [0.05, 0.1) is 30.9 Å². The van der Waals surface area contributed by atoms with Crippen molar-refractivity contribution in [3.8, 4) is 5.75 Å². The van der Waals surface area contributed by atoms with Crippen LogP contribution in [0.25, 0.3) is 0 Å². The SMILES string of the molecule is COc1cccc(CNC(=O)Cc2csc(/N=C3\NC(=S)N=C4C=CC=CC43)n2)c1. The van der Waals surface area contributed by atoms with Crippen LogP contribution in [-0.2, 0) is 17.8 Å². The van der Waals surface area contributed by atoms with Crippen molar-refractivity contribution < 1.29 is 9.53 Å². The first kappa shape index (κ1) is 20.1. The number of thiazole rings is 1. The van der Waals surface area contributed by atoms with Crippen molar-refractivity contribution >= 4 is 51.3 Å². The highest BCUT2D eigenvalue weighted by Crippen LogP contribution is 2.23. The Hall–Kier alpha value is -3.17. The second-order valence-corrected chi connectivity index (χ2v) is 7.84. The Kier molecular flexibility index (Phi) is 6.10. The number of aromatic nitrogens is 1. The molecule has 0 bridgehead atoms. The van der Waals surface area contributed by atoms with Crippen LogP contribution in [-0.4, -0.2) is 34.7 Å². The Morgan fingerprint density at radius 3 is 3.17 bits per heavy atom. The standard InChI is InChI=1S/C21H19N5O2S2/c1-28-15-6-4-5-13(9-15)11-22-18(27)10-14-12-30-21(23-14)26-19-16-7-2-3-8-17(16)24-20(29)25-19/h2-9,12,16H,10-11H2,1H3,(H,22,27)(H,23,25,26,29). The third-order valence-electron chi connectivity index (χ3n) is 4.48. The van der Waals surface area contributed by atoms with Crippen LogP contribution in [0.4, 0.5) is 5.13 Å². The van der Waals surface area contributed by atoms with E-state index in [1.165, 1.54) is 11.3 Å². The molecule has 2 aliphatic rings. The maximum Gasteiger partial charge on any atom is 0.226 e. The Bertz CT molecular complexity index is 1100. The summed E-state index contributed by atoms with van der Waals surface area (Å²) < 4.78 is 5.20. The summed E-state index contributed by atoms with van der Waals surface area (Å²) in [5.41, 5.74) is 2.50. The van der Waals surface area contributed by atoms with E-state index in [9.17, 15) is 4.79 Å². The van der Waals surface area contributed by atoms with Crippen molar-refractivity contribution in [2.45, 2.75) is 13.0 Å².